The second-order valence-electron chi connectivity index (χ2n) is 3.43. The Bertz CT molecular complexity index is 440. The van der Waals surface area contributed by atoms with Gasteiger partial charge in [0.05, 0.1) is 0 Å². The number of hydrogen-bond acceptors (Lipinski definition) is 4. The van der Waals surface area contributed by atoms with Crippen LogP contribution in [0.4, 0.5) is 0 Å². The molecule has 1 aromatic carbocycles. The normalized spacial score (nSPS) is 17.9. The lowest BCUT2D eigenvalue weighted by Crippen LogP contribution is -2.29. The molecule has 3 rings (SSSR count). The summed E-state index contributed by atoms with van der Waals surface area (Å²) in [4.78, 5) is 7.23. The van der Waals surface area contributed by atoms with E-state index in [0.29, 0.717) is 6.73 Å². The zero-order valence-electron chi connectivity index (χ0n) is 8.09. The minimum Gasteiger partial charge on any atom is -0.479 e. The number of benzene rings is 1. The van der Waals surface area contributed by atoms with Crippen LogP contribution < -0.4 is 4.84 Å². The topological polar surface area (TPSA) is 34.1 Å². The lowest BCUT2D eigenvalue weighted by Gasteiger charge is -2.20. The standard InChI is InChI=1S/C11H10N2O2/c1-2-4-10-9(3-1)7-11(12-15-10)13-5-6-14-8-13/h1-6H,7-8H2. The smallest absolute Gasteiger partial charge is 0.165 e. The summed E-state index contributed by atoms with van der Waals surface area (Å²) in [6, 6.07) is 7.91. The van der Waals surface area contributed by atoms with Crippen molar-refractivity contribution < 1.29 is 9.57 Å². The van der Waals surface area contributed by atoms with Crippen molar-refractivity contribution in [1.82, 2.24) is 4.90 Å². The molecule has 15 heavy (non-hydrogen) atoms. The first-order valence-corrected chi connectivity index (χ1v) is 4.80. The number of amidine groups is 1. The summed E-state index contributed by atoms with van der Waals surface area (Å²) in [6.45, 7) is 0.518. The Morgan fingerprint density at radius 1 is 1.27 bits per heavy atom. The fourth-order valence-electron chi connectivity index (χ4n) is 1.64. The minimum absolute atomic E-state index is 0.518. The first kappa shape index (κ1) is 8.35. The number of oxime groups is 1. The van der Waals surface area contributed by atoms with Gasteiger partial charge in [-0.15, -0.1) is 0 Å². The van der Waals surface area contributed by atoms with Crippen molar-refractivity contribution in [3.63, 3.8) is 0 Å². The molecule has 4 nitrogen and oxygen atoms in total. The van der Waals surface area contributed by atoms with Crippen LogP contribution in [-0.2, 0) is 11.2 Å². The van der Waals surface area contributed by atoms with Gasteiger partial charge in [0.15, 0.2) is 18.3 Å². The third-order valence-corrected chi connectivity index (χ3v) is 2.45. The zero-order valence-corrected chi connectivity index (χ0v) is 8.09. The van der Waals surface area contributed by atoms with E-state index in [0.717, 1.165) is 23.6 Å². The van der Waals surface area contributed by atoms with E-state index in [9.17, 15) is 0 Å². The SMILES string of the molecule is C1=CN(C2=NOc3ccccc3C2)CO1. The number of ether oxygens (including phenoxy) is 1. The minimum atomic E-state index is 0.518. The molecule has 0 aliphatic carbocycles. The highest BCUT2D eigenvalue weighted by Gasteiger charge is 2.19. The predicted octanol–water partition coefficient (Wildman–Crippen LogP) is 1.70. The van der Waals surface area contributed by atoms with Gasteiger partial charge in [-0.05, 0) is 6.07 Å². The van der Waals surface area contributed by atoms with Gasteiger partial charge in [0.1, 0.15) is 6.26 Å². The van der Waals surface area contributed by atoms with Crippen molar-refractivity contribution in [2.75, 3.05) is 6.73 Å². The molecule has 2 aliphatic heterocycles. The number of rotatable bonds is 0. The fraction of sp³-hybridized carbons (Fsp3) is 0.182. The summed E-state index contributed by atoms with van der Waals surface area (Å²) in [5.74, 6) is 1.72. The molecule has 0 bridgehead atoms. The van der Waals surface area contributed by atoms with Crippen molar-refractivity contribution in [1.29, 1.82) is 0 Å². The molecule has 4 heteroatoms. The molecule has 0 amide bonds. The number of para-hydroxylation sites is 1. The predicted molar refractivity (Wildman–Crippen MR) is 55.1 cm³/mol. The average molecular weight is 202 g/mol. The molecule has 0 saturated carbocycles. The van der Waals surface area contributed by atoms with Crippen molar-refractivity contribution in [3.05, 3.63) is 42.3 Å². The van der Waals surface area contributed by atoms with Crippen LogP contribution in [0.2, 0.25) is 0 Å². The van der Waals surface area contributed by atoms with Crippen LogP contribution in [0, 0.1) is 0 Å². The molecule has 2 heterocycles. The highest BCUT2D eigenvalue weighted by Crippen LogP contribution is 2.24. The summed E-state index contributed by atoms with van der Waals surface area (Å²) in [5.41, 5.74) is 1.16. The van der Waals surface area contributed by atoms with E-state index < -0.39 is 0 Å². The van der Waals surface area contributed by atoms with E-state index in [1.807, 2.05) is 35.4 Å². The number of fused-ring (bicyclic) bond motifs is 1. The van der Waals surface area contributed by atoms with E-state index in [1.54, 1.807) is 6.26 Å². The molecule has 0 unspecified atom stereocenters. The Morgan fingerprint density at radius 3 is 3.07 bits per heavy atom. The van der Waals surface area contributed by atoms with E-state index in [2.05, 4.69) is 5.16 Å². The van der Waals surface area contributed by atoms with E-state index in [4.69, 9.17) is 9.57 Å². The van der Waals surface area contributed by atoms with Gasteiger partial charge in [0.2, 0.25) is 0 Å². The summed E-state index contributed by atoms with van der Waals surface area (Å²) < 4.78 is 5.11. The highest BCUT2D eigenvalue weighted by atomic mass is 16.6. The van der Waals surface area contributed by atoms with Gasteiger partial charge in [0.25, 0.3) is 0 Å². The van der Waals surface area contributed by atoms with Crippen molar-refractivity contribution >= 4 is 5.84 Å². The second kappa shape index (κ2) is 3.31. The van der Waals surface area contributed by atoms with Crippen LogP contribution >= 0.6 is 0 Å². The third-order valence-electron chi connectivity index (χ3n) is 2.45. The van der Waals surface area contributed by atoms with Gasteiger partial charge in [-0.1, -0.05) is 23.4 Å². The maximum atomic E-state index is 5.31. The summed E-state index contributed by atoms with van der Waals surface area (Å²) in [5, 5.41) is 4.06. The molecule has 0 radical (unpaired) electrons. The molecule has 76 valence electrons. The molecule has 0 atom stereocenters. The molecule has 0 fully saturated rings. The molecule has 0 spiro atoms. The van der Waals surface area contributed by atoms with Crippen LogP contribution in [0.5, 0.6) is 5.75 Å². The monoisotopic (exact) mass is 202 g/mol. The Kier molecular flexibility index (Phi) is 1.84. The molecule has 0 aromatic heterocycles. The fourth-order valence-corrected chi connectivity index (χ4v) is 1.64. The number of hydrogen-bond donors (Lipinski definition) is 0. The largest absolute Gasteiger partial charge is 0.479 e. The van der Waals surface area contributed by atoms with Gasteiger partial charge < -0.3 is 9.57 Å². The van der Waals surface area contributed by atoms with Crippen LogP contribution in [0.15, 0.2) is 41.9 Å². The van der Waals surface area contributed by atoms with Gasteiger partial charge in [-0.2, -0.15) is 0 Å². The summed E-state index contributed by atoms with van der Waals surface area (Å²) in [6.07, 6.45) is 4.29. The maximum absolute atomic E-state index is 5.31. The van der Waals surface area contributed by atoms with Crippen molar-refractivity contribution in [3.8, 4) is 5.75 Å². The Labute approximate surface area is 87.4 Å². The second-order valence-corrected chi connectivity index (χ2v) is 3.43. The van der Waals surface area contributed by atoms with Crippen LogP contribution in [-0.4, -0.2) is 17.5 Å². The van der Waals surface area contributed by atoms with E-state index in [1.165, 1.54) is 0 Å². The molecular formula is C11H10N2O2. The van der Waals surface area contributed by atoms with Gasteiger partial charge in [0, 0.05) is 18.2 Å². The quantitative estimate of drug-likeness (QED) is 0.642. The molecule has 0 N–H and O–H groups in total. The summed E-state index contributed by atoms with van der Waals surface area (Å²) >= 11 is 0. The molecular weight excluding hydrogens is 192 g/mol. The Morgan fingerprint density at radius 2 is 2.20 bits per heavy atom. The Balaban J connectivity index is 1.86. The van der Waals surface area contributed by atoms with Gasteiger partial charge in [-0.3, -0.25) is 4.90 Å². The van der Waals surface area contributed by atoms with E-state index in [-0.39, 0.29) is 0 Å². The molecule has 0 saturated heterocycles. The van der Waals surface area contributed by atoms with Gasteiger partial charge in [-0.25, -0.2) is 0 Å². The highest BCUT2D eigenvalue weighted by molar-refractivity contribution is 5.86. The summed E-state index contributed by atoms with van der Waals surface area (Å²) in [7, 11) is 0. The molecule has 1 aromatic rings. The van der Waals surface area contributed by atoms with Crippen molar-refractivity contribution in [2.24, 2.45) is 5.16 Å². The average Bonchev–Trinajstić information content (AvgIpc) is 2.82. The first-order chi connectivity index (χ1) is 7.43. The lowest BCUT2D eigenvalue weighted by atomic mass is 10.1. The maximum Gasteiger partial charge on any atom is 0.165 e. The number of nitrogens with zero attached hydrogens (tertiary/aromatic N) is 2. The Hall–Kier alpha value is -1.97. The molecule has 2 aliphatic rings. The van der Waals surface area contributed by atoms with Crippen LogP contribution in [0.1, 0.15) is 5.56 Å². The van der Waals surface area contributed by atoms with Crippen LogP contribution in [0.3, 0.4) is 0 Å². The van der Waals surface area contributed by atoms with Crippen LogP contribution in [0.25, 0.3) is 0 Å². The first-order valence-electron chi connectivity index (χ1n) is 4.80. The lowest BCUT2D eigenvalue weighted by molar-refractivity contribution is 0.208. The van der Waals surface area contributed by atoms with Crippen molar-refractivity contribution in [2.45, 2.75) is 6.42 Å². The van der Waals surface area contributed by atoms with Gasteiger partial charge >= 0.3 is 0 Å². The zero-order chi connectivity index (χ0) is 10.1. The van der Waals surface area contributed by atoms with E-state index >= 15 is 0 Å². The third kappa shape index (κ3) is 1.44.